The van der Waals surface area contributed by atoms with E-state index in [0.717, 1.165) is 28.0 Å². The van der Waals surface area contributed by atoms with Gasteiger partial charge in [-0.15, -0.1) is 0 Å². The third kappa shape index (κ3) is 3.53. The lowest BCUT2D eigenvalue weighted by Gasteiger charge is -2.08. The number of nitrogens with one attached hydrogen (secondary N) is 1. The molecule has 2 rings (SSSR count). The van der Waals surface area contributed by atoms with Crippen LogP contribution in [0.15, 0.2) is 34.3 Å². The summed E-state index contributed by atoms with van der Waals surface area (Å²) in [6.07, 6.45) is 1.72. The van der Waals surface area contributed by atoms with Gasteiger partial charge in [0, 0.05) is 11.4 Å². The first-order valence-corrected chi connectivity index (χ1v) is 7.38. The van der Waals surface area contributed by atoms with E-state index in [4.69, 9.17) is 23.2 Å². The van der Waals surface area contributed by atoms with Crippen molar-refractivity contribution in [1.82, 2.24) is 9.97 Å². The molecule has 1 aromatic carbocycles. The molecule has 0 atom stereocenters. The summed E-state index contributed by atoms with van der Waals surface area (Å²) in [5, 5.41) is 5.05. The van der Waals surface area contributed by atoms with Crippen molar-refractivity contribution in [2.45, 2.75) is 23.8 Å². The van der Waals surface area contributed by atoms with Gasteiger partial charge in [-0.2, -0.15) is 0 Å². The van der Waals surface area contributed by atoms with Crippen LogP contribution in [0.5, 0.6) is 0 Å². The smallest absolute Gasteiger partial charge is 0.144 e. The number of anilines is 1. The molecule has 1 aromatic heterocycles. The normalized spacial score (nSPS) is 10.5. The van der Waals surface area contributed by atoms with Gasteiger partial charge in [-0.05, 0) is 26.0 Å². The Kier molecular flexibility index (Phi) is 4.91. The molecule has 0 saturated carbocycles. The Morgan fingerprint density at radius 2 is 2.11 bits per heavy atom. The minimum Gasteiger partial charge on any atom is -0.369 e. The highest BCUT2D eigenvalue weighted by Gasteiger charge is 2.10. The van der Waals surface area contributed by atoms with Crippen LogP contribution in [0, 0.1) is 6.92 Å². The summed E-state index contributed by atoms with van der Waals surface area (Å²) in [4.78, 5) is 9.72. The molecule has 3 nitrogen and oxygen atoms in total. The van der Waals surface area contributed by atoms with Crippen molar-refractivity contribution in [2.75, 3.05) is 11.9 Å². The molecule has 0 amide bonds. The molecule has 0 spiro atoms. The topological polar surface area (TPSA) is 37.8 Å². The Morgan fingerprint density at radius 1 is 1.32 bits per heavy atom. The van der Waals surface area contributed by atoms with Gasteiger partial charge in [0.15, 0.2) is 0 Å². The van der Waals surface area contributed by atoms with Gasteiger partial charge in [-0.1, -0.05) is 41.0 Å². The molecule has 0 unspecified atom stereocenters. The molecular formula is C13H13Cl2N3S. The van der Waals surface area contributed by atoms with Crippen molar-refractivity contribution in [3.8, 4) is 0 Å². The largest absolute Gasteiger partial charge is 0.369 e. The quantitative estimate of drug-likeness (QED) is 0.889. The highest BCUT2D eigenvalue weighted by Crippen LogP contribution is 2.37. The summed E-state index contributed by atoms with van der Waals surface area (Å²) in [5.74, 6) is 0.779. The Labute approximate surface area is 126 Å². The van der Waals surface area contributed by atoms with Crippen LogP contribution in [0.25, 0.3) is 0 Å². The average Bonchev–Trinajstić information content (AvgIpc) is 2.38. The van der Waals surface area contributed by atoms with Crippen LogP contribution >= 0.6 is 35.0 Å². The highest BCUT2D eigenvalue weighted by atomic mass is 35.5. The molecule has 0 radical (unpaired) electrons. The summed E-state index contributed by atoms with van der Waals surface area (Å²) in [5.41, 5.74) is 0.861. The predicted octanol–water partition coefficient (Wildman–Crippen LogP) is 4.67. The number of halogens is 2. The Bertz CT molecular complexity index is 590. The van der Waals surface area contributed by atoms with Gasteiger partial charge in [-0.25, -0.2) is 9.97 Å². The summed E-state index contributed by atoms with van der Waals surface area (Å²) >= 11 is 13.6. The lowest BCUT2D eigenvalue weighted by molar-refractivity contribution is 0.976. The number of benzene rings is 1. The number of aryl methyl sites for hydroxylation is 1. The molecule has 1 N–H and O–H groups in total. The zero-order chi connectivity index (χ0) is 13.8. The van der Waals surface area contributed by atoms with E-state index in [2.05, 4.69) is 15.3 Å². The minimum atomic E-state index is 0.543. The lowest BCUT2D eigenvalue weighted by Crippen LogP contribution is -2.02. The first kappa shape index (κ1) is 14.4. The van der Waals surface area contributed by atoms with Gasteiger partial charge < -0.3 is 5.32 Å². The lowest BCUT2D eigenvalue weighted by atomic mass is 10.4. The van der Waals surface area contributed by atoms with Crippen LogP contribution in [0.4, 0.5) is 5.82 Å². The van der Waals surface area contributed by atoms with Crippen LogP contribution in [0.1, 0.15) is 12.6 Å². The van der Waals surface area contributed by atoms with Crippen LogP contribution in [0.3, 0.4) is 0 Å². The van der Waals surface area contributed by atoms with Crippen molar-refractivity contribution in [3.05, 3.63) is 40.1 Å². The van der Waals surface area contributed by atoms with Crippen LogP contribution < -0.4 is 5.32 Å². The van der Waals surface area contributed by atoms with E-state index in [0.29, 0.717) is 10.0 Å². The maximum absolute atomic E-state index is 6.16. The first-order chi connectivity index (χ1) is 9.11. The van der Waals surface area contributed by atoms with E-state index < -0.39 is 0 Å². The van der Waals surface area contributed by atoms with Gasteiger partial charge in [-0.3, -0.25) is 0 Å². The van der Waals surface area contributed by atoms with Gasteiger partial charge in [0.2, 0.25) is 0 Å². The van der Waals surface area contributed by atoms with Gasteiger partial charge in [0.25, 0.3) is 0 Å². The first-order valence-electron chi connectivity index (χ1n) is 5.81. The molecule has 19 heavy (non-hydrogen) atoms. The van der Waals surface area contributed by atoms with Crippen LogP contribution in [0.2, 0.25) is 10.0 Å². The van der Waals surface area contributed by atoms with Gasteiger partial charge in [0.05, 0.1) is 21.9 Å². The molecule has 0 aliphatic heterocycles. The van der Waals surface area contributed by atoms with Gasteiger partial charge in [0.1, 0.15) is 10.8 Å². The summed E-state index contributed by atoms with van der Waals surface area (Å²) in [6.45, 7) is 4.76. The summed E-state index contributed by atoms with van der Waals surface area (Å²) < 4.78 is 0. The molecule has 0 saturated heterocycles. The summed E-state index contributed by atoms with van der Waals surface area (Å²) in [6, 6.07) is 5.55. The Balaban J connectivity index is 2.26. The van der Waals surface area contributed by atoms with Crippen molar-refractivity contribution < 1.29 is 0 Å². The van der Waals surface area contributed by atoms with Crippen molar-refractivity contribution >= 4 is 40.8 Å². The average molecular weight is 314 g/mol. The van der Waals surface area contributed by atoms with E-state index in [1.165, 1.54) is 11.8 Å². The van der Waals surface area contributed by atoms with Crippen molar-refractivity contribution in [1.29, 1.82) is 0 Å². The zero-order valence-electron chi connectivity index (χ0n) is 10.6. The molecule has 0 aliphatic rings. The fraction of sp³-hybridized carbons (Fsp3) is 0.231. The number of aromatic nitrogens is 2. The second kappa shape index (κ2) is 6.46. The maximum atomic E-state index is 6.16. The molecule has 1 heterocycles. The van der Waals surface area contributed by atoms with Crippen LogP contribution in [-0.4, -0.2) is 16.5 Å². The number of rotatable bonds is 4. The standard InChI is InChI=1S/C13H13Cl2N3S/c1-3-16-11-7-17-13(8(2)18-11)19-10-6-4-5-9(14)12(10)15/h4-7H,3H2,1-2H3,(H,16,18). The SMILES string of the molecule is CCNc1cnc(Sc2cccc(Cl)c2Cl)c(C)n1. The molecule has 100 valence electrons. The summed E-state index contributed by atoms with van der Waals surface area (Å²) in [7, 11) is 0. The van der Waals surface area contributed by atoms with Crippen molar-refractivity contribution in [2.24, 2.45) is 0 Å². The van der Waals surface area contributed by atoms with E-state index in [9.17, 15) is 0 Å². The van der Waals surface area contributed by atoms with E-state index in [1.807, 2.05) is 26.0 Å². The molecule has 0 aliphatic carbocycles. The maximum Gasteiger partial charge on any atom is 0.144 e. The van der Waals surface area contributed by atoms with Crippen molar-refractivity contribution in [3.63, 3.8) is 0 Å². The van der Waals surface area contributed by atoms with E-state index >= 15 is 0 Å². The van der Waals surface area contributed by atoms with Crippen LogP contribution in [-0.2, 0) is 0 Å². The number of nitrogens with zero attached hydrogens (tertiary/aromatic N) is 2. The fourth-order valence-electron chi connectivity index (χ4n) is 1.50. The Hall–Kier alpha value is -0.970. The second-order valence-corrected chi connectivity index (χ2v) is 5.65. The molecular weight excluding hydrogens is 301 g/mol. The Morgan fingerprint density at radius 3 is 2.79 bits per heavy atom. The predicted molar refractivity (Wildman–Crippen MR) is 81.5 cm³/mol. The second-order valence-electron chi connectivity index (χ2n) is 3.83. The third-order valence-electron chi connectivity index (χ3n) is 2.38. The molecule has 2 aromatic rings. The molecule has 0 fully saturated rings. The fourth-order valence-corrected chi connectivity index (χ4v) is 2.83. The monoisotopic (exact) mass is 313 g/mol. The number of hydrogen-bond acceptors (Lipinski definition) is 4. The number of hydrogen-bond donors (Lipinski definition) is 1. The highest BCUT2D eigenvalue weighted by molar-refractivity contribution is 7.99. The molecule has 6 heteroatoms. The molecule has 0 bridgehead atoms. The third-order valence-corrected chi connectivity index (χ3v) is 4.47. The van der Waals surface area contributed by atoms with E-state index in [-0.39, 0.29) is 0 Å². The van der Waals surface area contributed by atoms with E-state index in [1.54, 1.807) is 12.3 Å². The minimum absolute atomic E-state index is 0.543. The van der Waals surface area contributed by atoms with Gasteiger partial charge >= 0.3 is 0 Å². The zero-order valence-corrected chi connectivity index (χ0v) is 12.9.